The van der Waals surface area contributed by atoms with Gasteiger partial charge in [0.15, 0.2) is 0 Å². The van der Waals surface area contributed by atoms with Crippen LogP contribution in [0.2, 0.25) is 0 Å². The van der Waals surface area contributed by atoms with Crippen LogP contribution < -0.4 is 0 Å². The van der Waals surface area contributed by atoms with Gasteiger partial charge in [0.25, 0.3) is 0 Å². The molecule has 2 aromatic rings. The summed E-state index contributed by atoms with van der Waals surface area (Å²) in [5.74, 6) is -0.875. The van der Waals surface area contributed by atoms with E-state index in [9.17, 15) is 9.90 Å². The van der Waals surface area contributed by atoms with Crippen molar-refractivity contribution < 1.29 is 9.90 Å². The third-order valence-electron chi connectivity index (χ3n) is 4.86. The summed E-state index contributed by atoms with van der Waals surface area (Å²) >= 11 is 0. The fourth-order valence-corrected chi connectivity index (χ4v) is 3.21. The van der Waals surface area contributed by atoms with Crippen molar-refractivity contribution in [1.29, 1.82) is 0 Å². The smallest absolute Gasteiger partial charge is 0.335 e. The quantitative estimate of drug-likeness (QED) is 0.715. The minimum atomic E-state index is -0.875. The highest BCUT2D eigenvalue weighted by molar-refractivity contribution is 5.90. The Morgan fingerprint density at radius 2 is 1.74 bits per heavy atom. The van der Waals surface area contributed by atoms with E-state index < -0.39 is 5.97 Å². The number of nitrogens with zero attached hydrogens (tertiary/aromatic N) is 1. The van der Waals surface area contributed by atoms with Crippen molar-refractivity contribution in [2.75, 3.05) is 13.6 Å². The van der Waals surface area contributed by atoms with Gasteiger partial charge >= 0.3 is 5.97 Å². The molecule has 0 amide bonds. The third-order valence-corrected chi connectivity index (χ3v) is 4.86. The Morgan fingerprint density at radius 1 is 1.11 bits per heavy atom. The molecular formula is C24H31NO2. The van der Waals surface area contributed by atoms with Crippen molar-refractivity contribution in [3.8, 4) is 0 Å². The van der Waals surface area contributed by atoms with Gasteiger partial charge in [-0.1, -0.05) is 70.7 Å². The van der Waals surface area contributed by atoms with Gasteiger partial charge in [0.2, 0.25) is 0 Å². The number of likely N-dealkylation sites (N-methyl/N-ethyl adjacent to an activating group) is 1. The SMILES string of the molecule is C=C(CN(C)Cc1ccc(C(C)(C)C)cc1)c1ccc(C(=O)O)c(CC)c1. The first-order chi connectivity index (χ1) is 12.6. The second-order valence-corrected chi connectivity index (χ2v) is 8.25. The molecule has 0 aliphatic carbocycles. The molecule has 3 heteroatoms. The van der Waals surface area contributed by atoms with Crippen molar-refractivity contribution in [1.82, 2.24) is 4.90 Å². The third kappa shape index (κ3) is 5.54. The van der Waals surface area contributed by atoms with Gasteiger partial charge in [-0.25, -0.2) is 4.79 Å². The molecular weight excluding hydrogens is 334 g/mol. The molecule has 3 nitrogen and oxygen atoms in total. The van der Waals surface area contributed by atoms with E-state index in [1.807, 2.05) is 19.1 Å². The van der Waals surface area contributed by atoms with Crippen molar-refractivity contribution in [3.63, 3.8) is 0 Å². The lowest BCUT2D eigenvalue weighted by molar-refractivity contribution is 0.0695. The molecule has 0 saturated heterocycles. The zero-order chi connectivity index (χ0) is 20.2. The van der Waals surface area contributed by atoms with E-state index in [2.05, 4.69) is 63.6 Å². The first kappa shape index (κ1) is 20.9. The molecule has 0 bridgehead atoms. The van der Waals surface area contributed by atoms with Crippen LogP contribution in [-0.4, -0.2) is 29.6 Å². The average Bonchev–Trinajstić information content (AvgIpc) is 2.60. The molecule has 0 saturated carbocycles. The second kappa shape index (κ2) is 8.53. The lowest BCUT2D eigenvalue weighted by atomic mass is 9.87. The van der Waals surface area contributed by atoms with Crippen molar-refractivity contribution in [2.24, 2.45) is 0 Å². The van der Waals surface area contributed by atoms with E-state index in [0.717, 1.165) is 29.8 Å². The number of hydrogen-bond donors (Lipinski definition) is 1. The summed E-state index contributed by atoms with van der Waals surface area (Å²) in [6.07, 6.45) is 0.693. The van der Waals surface area contributed by atoms with Crippen molar-refractivity contribution in [2.45, 2.75) is 46.1 Å². The highest BCUT2D eigenvalue weighted by atomic mass is 16.4. The first-order valence-electron chi connectivity index (χ1n) is 9.44. The van der Waals surface area contributed by atoms with Gasteiger partial charge in [-0.05, 0) is 52.8 Å². The van der Waals surface area contributed by atoms with Gasteiger partial charge < -0.3 is 5.11 Å². The maximum atomic E-state index is 11.3. The lowest BCUT2D eigenvalue weighted by Gasteiger charge is -2.21. The van der Waals surface area contributed by atoms with Crippen LogP contribution in [0.15, 0.2) is 49.0 Å². The number of hydrogen-bond acceptors (Lipinski definition) is 2. The molecule has 0 aliphatic heterocycles. The van der Waals surface area contributed by atoms with E-state index in [1.54, 1.807) is 6.07 Å². The summed E-state index contributed by atoms with van der Waals surface area (Å²) < 4.78 is 0. The summed E-state index contributed by atoms with van der Waals surface area (Å²) in [5, 5.41) is 9.27. The normalized spacial score (nSPS) is 11.6. The number of benzene rings is 2. The molecule has 2 rings (SSSR count). The molecule has 0 spiro atoms. The number of aromatic carboxylic acids is 1. The topological polar surface area (TPSA) is 40.5 Å². The molecule has 1 N–H and O–H groups in total. The van der Waals surface area contributed by atoms with Gasteiger partial charge in [-0.3, -0.25) is 4.90 Å². The van der Waals surface area contributed by atoms with Gasteiger partial charge in [0.1, 0.15) is 0 Å². The Kier molecular flexibility index (Phi) is 6.61. The molecule has 2 aromatic carbocycles. The van der Waals surface area contributed by atoms with E-state index in [0.29, 0.717) is 12.0 Å². The van der Waals surface area contributed by atoms with Crippen LogP contribution in [0.4, 0.5) is 0 Å². The first-order valence-corrected chi connectivity index (χ1v) is 9.44. The van der Waals surface area contributed by atoms with Crippen LogP contribution >= 0.6 is 0 Å². The second-order valence-electron chi connectivity index (χ2n) is 8.25. The Hall–Kier alpha value is -2.39. The standard InChI is InChI=1S/C24H31NO2/c1-7-19-14-20(10-13-22(19)23(26)27)17(2)15-25(6)16-18-8-11-21(12-9-18)24(3,4)5/h8-14H,2,7,15-16H2,1,3-6H3,(H,26,27). The summed E-state index contributed by atoms with van der Waals surface area (Å²) in [6.45, 7) is 14.4. The molecule has 0 aromatic heterocycles. The predicted molar refractivity (Wildman–Crippen MR) is 113 cm³/mol. The summed E-state index contributed by atoms with van der Waals surface area (Å²) in [5.41, 5.74) is 6.00. The Balaban J connectivity index is 2.04. The van der Waals surface area contributed by atoms with Gasteiger partial charge in [-0.15, -0.1) is 0 Å². The number of aryl methyl sites for hydroxylation is 1. The summed E-state index contributed by atoms with van der Waals surface area (Å²) in [4.78, 5) is 13.5. The predicted octanol–water partition coefficient (Wildman–Crippen LogP) is 5.39. The van der Waals surface area contributed by atoms with Crippen LogP contribution in [-0.2, 0) is 18.4 Å². The number of carboxylic acids is 1. The highest BCUT2D eigenvalue weighted by Crippen LogP contribution is 2.23. The van der Waals surface area contributed by atoms with Crippen LogP contribution in [0.1, 0.15) is 60.3 Å². The van der Waals surface area contributed by atoms with E-state index in [4.69, 9.17) is 0 Å². The van der Waals surface area contributed by atoms with Crippen LogP contribution in [0.5, 0.6) is 0 Å². The Labute approximate surface area is 163 Å². The van der Waals surface area contributed by atoms with Gasteiger partial charge in [0.05, 0.1) is 5.56 Å². The van der Waals surface area contributed by atoms with E-state index >= 15 is 0 Å². The fourth-order valence-electron chi connectivity index (χ4n) is 3.21. The molecule has 0 unspecified atom stereocenters. The maximum absolute atomic E-state index is 11.3. The minimum Gasteiger partial charge on any atom is -0.478 e. The zero-order valence-electron chi connectivity index (χ0n) is 17.2. The van der Waals surface area contributed by atoms with E-state index in [-0.39, 0.29) is 5.41 Å². The Bertz CT molecular complexity index is 813. The van der Waals surface area contributed by atoms with Crippen LogP contribution in [0.3, 0.4) is 0 Å². The molecule has 27 heavy (non-hydrogen) atoms. The minimum absolute atomic E-state index is 0.165. The van der Waals surface area contributed by atoms with Crippen molar-refractivity contribution >= 4 is 11.5 Å². The molecule has 0 radical (unpaired) electrons. The molecule has 0 atom stereocenters. The van der Waals surface area contributed by atoms with Gasteiger partial charge in [-0.2, -0.15) is 0 Å². The highest BCUT2D eigenvalue weighted by Gasteiger charge is 2.14. The molecule has 144 valence electrons. The maximum Gasteiger partial charge on any atom is 0.335 e. The number of carboxylic acid groups (broad SMARTS) is 1. The number of carbonyl (C=O) groups is 1. The number of rotatable bonds is 7. The molecule has 0 heterocycles. The van der Waals surface area contributed by atoms with Crippen molar-refractivity contribution in [3.05, 3.63) is 76.9 Å². The molecule has 0 fully saturated rings. The van der Waals surface area contributed by atoms with Crippen LogP contribution in [0, 0.1) is 0 Å². The fraction of sp³-hybridized carbons (Fsp3) is 0.375. The lowest BCUT2D eigenvalue weighted by Crippen LogP contribution is -2.20. The summed E-state index contributed by atoms with van der Waals surface area (Å²) in [6, 6.07) is 14.3. The molecule has 0 aliphatic rings. The average molecular weight is 366 g/mol. The largest absolute Gasteiger partial charge is 0.478 e. The van der Waals surface area contributed by atoms with Crippen LogP contribution in [0.25, 0.3) is 5.57 Å². The van der Waals surface area contributed by atoms with Gasteiger partial charge in [0, 0.05) is 13.1 Å². The monoisotopic (exact) mass is 365 g/mol. The Morgan fingerprint density at radius 3 is 2.26 bits per heavy atom. The van der Waals surface area contributed by atoms with E-state index in [1.165, 1.54) is 11.1 Å². The summed E-state index contributed by atoms with van der Waals surface area (Å²) in [7, 11) is 2.08. The zero-order valence-corrected chi connectivity index (χ0v) is 17.2.